The summed E-state index contributed by atoms with van der Waals surface area (Å²) in [5.74, 6) is 1.07. The van der Waals surface area contributed by atoms with Crippen LogP contribution < -0.4 is 15.4 Å². The van der Waals surface area contributed by atoms with E-state index in [0.717, 1.165) is 53.7 Å². The van der Waals surface area contributed by atoms with Crippen molar-refractivity contribution < 1.29 is 13.2 Å². The number of hydrogen-bond acceptors (Lipinski definition) is 6. The van der Waals surface area contributed by atoms with Crippen LogP contribution in [0.1, 0.15) is 42.6 Å². The van der Waals surface area contributed by atoms with Gasteiger partial charge in [-0.3, -0.25) is 9.20 Å². The van der Waals surface area contributed by atoms with E-state index in [1.807, 2.05) is 65.3 Å². The van der Waals surface area contributed by atoms with Crippen LogP contribution in [0, 0.1) is 5.92 Å². The first-order chi connectivity index (χ1) is 18.2. The number of hydrogen-bond donors (Lipinski definition) is 3. The molecular formula is C28H32N6O3S. The number of imidazole rings is 1. The van der Waals surface area contributed by atoms with Crippen molar-refractivity contribution in [3.63, 3.8) is 0 Å². The molecule has 198 valence electrons. The Morgan fingerprint density at radius 3 is 2.37 bits per heavy atom. The van der Waals surface area contributed by atoms with Gasteiger partial charge in [0.15, 0.2) is 11.5 Å². The Morgan fingerprint density at radius 1 is 1.05 bits per heavy atom. The lowest BCUT2D eigenvalue weighted by atomic mass is 10.1. The number of benzene rings is 2. The fourth-order valence-electron chi connectivity index (χ4n) is 4.06. The van der Waals surface area contributed by atoms with E-state index in [4.69, 9.17) is 4.98 Å². The average Bonchev–Trinajstić information content (AvgIpc) is 3.60. The van der Waals surface area contributed by atoms with E-state index < -0.39 is 10.0 Å². The SMILES string of the molecule is CC(C)CNc1nc(-c2ccc(CNS(C)(=O)=O)cc2)cn2c(-c3ccc(C(=O)NC4CC4)cc3)cnc12. The van der Waals surface area contributed by atoms with Gasteiger partial charge in [0.05, 0.1) is 23.8 Å². The largest absolute Gasteiger partial charge is 0.367 e. The van der Waals surface area contributed by atoms with Crippen LogP contribution in [0.25, 0.3) is 28.2 Å². The molecule has 1 aliphatic carbocycles. The molecule has 3 N–H and O–H groups in total. The molecular weight excluding hydrogens is 500 g/mol. The molecule has 0 atom stereocenters. The molecule has 5 rings (SSSR count). The summed E-state index contributed by atoms with van der Waals surface area (Å²) >= 11 is 0. The Morgan fingerprint density at radius 2 is 1.74 bits per heavy atom. The summed E-state index contributed by atoms with van der Waals surface area (Å²) in [6.07, 6.45) is 7.02. The second-order valence-electron chi connectivity index (χ2n) is 10.2. The minimum absolute atomic E-state index is 0.0426. The van der Waals surface area contributed by atoms with E-state index >= 15 is 0 Å². The van der Waals surface area contributed by atoms with Gasteiger partial charge < -0.3 is 10.6 Å². The predicted molar refractivity (Wildman–Crippen MR) is 149 cm³/mol. The van der Waals surface area contributed by atoms with Gasteiger partial charge in [-0.25, -0.2) is 23.1 Å². The van der Waals surface area contributed by atoms with Crippen LogP contribution in [-0.4, -0.2) is 47.5 Å². The lowest BCUT2D eigenvalue weighted by Gasteiger charge is -2.13. The topological polar surface area (TPSA) is 117 Å². The maximum atomic E-state index is 12.4. The van der Waals surface area contributed by atoms with Crippen molar-refractivity contribution in [2.24, 2.45) is 5.92 Å². The van der Waals surface area contributed by atoms with E-state index in [0.29, 0.717) is 29.0 Å². The number of carbonyl (C=O) groups is 1. The quantitative estimate of drug-likeness (QED) is 0.283. The fraction of sp³-hybridized carbons (Fsp3) is 0.321. The zero-order chi connectivity index (χ0) is 26.9. The molecule has 10 heteroatoms. The summed E-state index contributed by atoms with van der Waals surface area (Å²) in [6, 6.07) is 15.5. The van der Waals surface area contributed by atoms with Crippen molar-refractivity contribution in [1.29, 1.82) is 0 Å². The van der Waals surface area contributed by atoms with Crippen LogP contribution >= 0.6 is 0 Å². The second-order valence-corrected chi connectivity index (χ2v) is 12.0. The maximum Gasteiger partial charge on any atom is 0.251 e. The Hall–Kier alpha value is -3.76. The van der Waals surface area contributed by atoms with Gasteiger partial charge in [-0.05, 0) is 36.5 Å². The Labute approximate surface area is 222 Å². The molecule has 4 aromatic rings. The highest BCUT2D eigenvalue weighted by Gasteiger charge is 2.24. The standard InChI is InChI=1S/C28H32N6O3S/c1-18(2)14-29-26-27-30-16-25(21-8-10-22(11-9-21)28(35)32-23-12-13-23)34(27)17-24(33-26)20-6-4-19(5-7-20)15-31-38(3,36)37/h4-11,16-18,23,31H,12-15H2,1-3H3,(H,29,33)(H,32,35). The predicted octanol–water partition coefficient (Wildman–Crippen LogP) is 4.07. The van der Waals surface area contributed by atoms with Crippen LogP contribution in [-0.2, 0) is 16.6 Å². The molecule has 1 amide bonds. The van der Waals surface area contributed by atoms with Gasteiger partial charge in [-0.15, -0.1) is 0 Å². The zero-order valence-electron chi connectivity index (χ0n) is 21.7. The number of sulfonamides is 1. The number of aromatic nitrogens is 3. The number of rotatable bonds is 10. The van der Waals surface area contributed by atoms with Crippen molar-refractivity contribution in [1.82, 2.24) is 24.4 Å². The molecule has 9 nitrogen and oxygen atoms in total. The number of fused-ring (bicyclic) bond motifs is 1. The number of anilines is 1. The van der Waals surface area contributed by atoms with Gasteiger partial charge in [0.2, 0.25) is 10.0 Å². The molecule has 2 aromatic heterocycles. The van der Waals surface area contributed by atoms with Crippen molar-refractivity contribution >= 4 is 27.4 Å². The van der Waals surface area contributed by atoms with E-state index in [1.54, 1.807) is 0 Å². The molecule has 0 aliphatic heterocycles. The molecule has 0 unspecified atom stereocenters. The van der Waals surface area contributed by atoms with Gasteiger partial charge in [-0.2, -0.15) is 0 Å². The third-order valence-electron chi connectivity index (χ3n) is 6.31. The van der Waals surface area contributed by atoms with E-state index in [-0.39, 0.29) is 12.5 Å². The minimum atomic E-state index is -3.27. The lowest BCUT2D eigenvalue weighted by Crippen LogP contribution is -2.25. The summed E-state index contributed by atoms with van der Waals surface area (Å²) in [5, 5.41) is 6.46. The van der Waals surface area contributed by atoms with E-state index in [2.05, 4.69) is 34.2 Å². The lowest BCUT2D eigenvalue weighted by molar-refractivity contribution is 0.0951. The van der Waals surface area contributed by atoms with Crippen LogP contribution in [0.3, 0.4) is 0 Å². The molecule has 0 saturated heterocycles. The summed E-state index contributed by atoms with van der Waals surface area (Å²) < 4.78 is 27.4. The Balaban J connectivity index is 1.48. The van der Waals surface area contributed by atoms with Crippen LogP contribution in [0.15, 0.2) is 60.9 Å². The highest BCUT2D eigenvalue weighted by Crippen LogP contribution is 2.28. The Bertz CT molecular complexity index is 1560. The third-order valence-corrected chi connectivity index (χ3v) is 6.98. The summed E-state index contributed by atoms with van der Waals surface area (Å²) in [7, 11) is -3.27. The molecule has 0 spiro atoms. The number of carbonyl (C=O) groups excluding carboxylic acids is 1. The molecule has 1 aliphatic rings. The van der Waals surface area contributed by atoms with Crippen molar-refractivity contribution in [2.45, 2.75) is 39.3 Å². The minimum Gasteiger partial charge on any atom is -0.367 e. The van der Waals surface area contributed by atoms with Gasteiger partial charge in [0.25, 0.3) is 5.91 Å². The van der Waals surface area contributed by atoms with E-state index in [1.165, 1.54) is 0 Å². The van der Waals surface area contributed by atoms with Gasteiger partial charge in [-0.1, -0.05) is 50.2 Å². The highest BCUT2D eigenvalue weighted by molar-refractivity contribution is 7.88. The molecule has 0 radical (unpaired) electrons. The van der Waals surface area contributed by atoms with Gasteiger partial charge in [0, 0.05) is 42.0 Å². The normalized spacial score (nSPS) is 13.7. The summed E-state index contributed by atoms with van der Waals surface area (Å²) in [4.78, 5) is 22.0. The molecule has 38 heavy (non-hydrogen) atoms. The zero-order valence-corrected chi connectivity index (χ0v) is 22.5. The number of nitrogens with zero attached hydrogens (tertiary/aromatic N) is 3. The number of amides is 1. The van der Waals surface area contributed by atoms with Crippen molar-refractivity contribution in [3.05, 3.63) is 72.1 Å². The summed E-state index contributed by atoms with van der Waals surface area (Å²) in [5.41, 5.74) is 5.69. The average molecular weight is 533 g/mol. The molecule has 1 fully saturated rings. The smallest absolute Gasteiger partial charge is 0.251 e. The first kappa shape index (κ1) is 25.9. The van der Waals surface area contributed by atoms with E-state index in [9.17, 15) is 13.2 Å². The molecule has 2 aromatic carbocycles. The second kappa shape index (κ2) is 10.5. The van der Waals surface area contributed by atoms with Crippen LogP contribution in [0.4, 0.5) is 5.82 Å². The molecule has 1 saturated carbocycles. The molecule has 0 bridgehead atoms. The number of nitrogens with one attached hydrogen (secondary N) is 3. The maximum absolute atomic E-state index is 12.4. The monoisotopic (exact) mass is 532 g/mol. The third kappa shape index (κ3) is 6.20. The van der Waals surface area contributed by atoms with Crippen molar-refractivity contribution in [3.8, 4) is 22.5 Å². The first-order valence-electron chi connectivity index (χ1n) is 12.7. The van der Waals surface area contributed by atoms with Crippen LogP contribution in [0.2, 0.25) is 0 Å². The fourth-order valence-corrected chi connectivity index (χ4v) is 4.49. The highest BCUT2D eigenvalue weighted by atomic mass is 32.2. The van der Waals surface area contributed by atoms with Gasteiger partial charge in [0.1, 0.15) is 0 Å². The van der Waals surface area contributed by atoms with Gasteiger partial charge >= 0.3 is 0 Å². The molecule has 2 heterocycles. The summed E-state index contributed by atoms with van der Waals surface area (Å²) in [6.45, 7) is 5.24. The van der Waals surface area contributed by atoms with Crippen molar-refractivity contribution in [2.75, 3.05) is 18.1 Å². The van der Waals surface area contributed by atoms with Crippen LogP contribution in [0.5, 0.6) is 0 Å². The first-order valence-corrected chi connectivity index (χ1v) is 14.6. The Kier molecular flexibility index (Phi) is 7.18.